The van der Waals surface area contributed by atoms with E-state index in [1.165, 1.54) is 10.6 Å². The van der Waals surface area contributed by atoms with Crippen LogP contribution in [0.5, 0.6) is 0 Å². The van der Waals surface area contributed by atoms with E-state index in [9.17, 15) is 9.59 Å². The maximum atomic E-state index is 12.9. The van der Waals surface area contributed by atoms with Crippen LogP contribution in [0.3, 0.4) is 0 Å². The van der Waals surface area contributed by atoms with Gasteiger partial charge < -0.3 is 9.88 Å². The molecular weight excluding hydrogens is 312 g/mol. The van der Waals surface area contributed by atoms with Crippen LogP contribution in [0.4, 0.5) is 0 Å². The first-order valence-electron chi connectivity index (χ1n) is 8.18. The van der Waals surface area contributed by atoms with Crippen molar-refractivity contribution in [1.29, 1.82) is 0 Å². The number of aromatic nitrogens is 1. The van der Waals surface area contributed by atoms with E-state index in [0.29, 0.717) is 6.54 Å². The van der Waals surface area contributed by atoms with E-state index in [0.717, 1.165) is 16.7 Å². The molecule has 1 amide bonds. The van der Waals surface area contributed by atoms with Gasteiger partial charge in [-0.15, -0.1) is 0 Å². The smallest absolute Gasteiger partial charge is 0.250 e. The minimum Gasteiger partial charge on any atom is -0.351 e. The Morgan fingerprint density at radius 3 is 2.00 bits per heavy atom. The highest BCUT2D eigenvalue weighted by Gasteiger charge is 2.22. The predicted octanol–water partition coefficient (Wildman–Crippen LogP) is 2.83. The van der Waals surface area contributed by atoms with Gasteiger partial charge in [-0.1, -0.05) is 66.7 Å². The molecule has 1 N–H and O–H groups in total. The van der Waals surface area contributed by atoms with Crippen molar-refractivity contribution >= 4 is 5.91 Å². The number of nitrogens with one attached hydrogen (secondary N) is 1. The molecular formula is C21H20N2O2. The number of hydrogen-bond donors (Lipinski definition) is 1. The first-order chi connectivity index (χ1) is 12.1. The highest BCUT2D eigenvalue weighted by atomic mass is 16.2. The SMILES string of the molecule is Cn1cc(CNC(=O)C(c2ccccc2)c2ccccc2)ccc1=O. The second kappa shape index (κ2) is 7.62. The van der Waals surface area contributed by atoms with E-state index in [2.05, 4.69) is 5.32 Å². The van der Waals surface area contributed by atoms with E-state index >= 15 is 0 Å². The lowest BCUT2D eigenvalue weighted by Gasteiger charge is -2.18. The number of rotatable bonds is 5. The second-order valence-corrected chi connectivity index (χ2v) is 5.96. The quantitative estimate of drug-likeness (QED) is 0.781. The average Bonchev–Trinajstić information content (AvgIpc) is 2.65. The van der Waals surface area contributed by atoms with E-state index in [1.54, 1.807) is 19.3 Å². The number of amides is 1. The van der Waals surface area contributed by atoms with Gasteiger partial charge >= 0.3 is 0 Å². The summed E-state index contributed by atoms with van der Waals surface area (Å²) < 4.78 is 1.51. The molecule has 0 spiro atoms. The molecule has 1 heterocycles. The molecule has 4 nitrogen and oxygen atoms in total. The van der Waals surface area contributed by atoms with Crippen LogP contribution in [0.2, 0.25) is 0 Å². The van der Waals surface area contributed by atoms with Crippen molar-refractivity contribution in [2.75, 3.05) is 0 Å². The predicted molar refractivity (Wildman–Crippen MR) is 98.3 cm³/mol. The fraction of sp³-hybridized carbons (Fsp3) is 0.143. The van der Waals surface area contributed by atoms with Gasteiger partial charge in [0, 0.05) is 25.9 Å². The fourth-order valence-corrected chi connectivity index (χ4v) is 2.83. The monoisotopic (exact) mass is 332 g/mol. The highest BCUT2D eigenvalue weighted by Crippen LogP contribution is 2.24. The molecule has 3 aromatic rings. The Hall–Kier alpha value is -3.14. The van der Waals surface area contributed by atoms with Crippen molar-refractivity contribution in [3.8, 4) is 0 Å². The third kappa shape index (κ3) is 4.04. The molecule has 126 valence electrons. The van der Waals surface area contributed by atoms with Crippen LogP contribution in [-0.2, 0) is 18.4 Å². The van der Waals surface area contributed by atoms with Gasteiger partial charge in [-0.25, -0.2) is 0 Å². The summed E-state index contributed by atoms with van der Waals surface area (Å²) in [6.45, 7) is 0.378. The van der Waals surface area contributed by atoms with Crippen molar-refractivity contribution in [1.82, 2.24) is 9.88 Å². The van der Waals surface area contributed by atoms with Crippen molar-refractivity contribution in [3.63, 3.8) is 0 Å². The van der Waals surface area contributed by atoms with Gasteiger partial charge in [0.1, 0.15) is 0 Å². The van der Waals surface area contributed by atoms with Gasteiger partial charge in [-0.3, -0.25) is 9.59 Å². The standard InChI is InChI=1S/C21H20N2O2/c1-23-15-16(12-13-19(23)24)14-22-21(25)20(17-8-4-2-5-9-17)18-10-6-3-7-11-18/h2-13,15,20H,14H2,1H3,(H,22,25). The molecule has 0 saturated heterocycles. The summed E-state index contributed by atoms with van der Waals surface area (Å²) in [5.74, 6) is -0.429. The Balaban J connectivity index is 1.82. The molecule has 0 atom stereocenters. The Bertz CT molecular complexity index is 862. The van der Waals surface area contributed by atoms with Crippen LogP contribution in [0.15, 0.2) is 83.8 Å². The van der Waals surface area contributed by atoms with Crippen molar-refractivity contribution in [3.05, 3.63) is 106 Å². The number of carbonyl (C=O) groups is 1. The molecule has 4 heteroatoms. The van der Waals surface area contributed by atoms with Gasteiger partial charge in [0.15, 0.2) is 0 Å². The number of carbonyl (C=O) groups excluding carboxylic acids is 1. The van der Waals surface area contributed by atoms with Crippen LogP contribution in [0.1, 0.15) is 22.6 Å². The average molecular weight is 332 g/mol. The lowest BCUT2D eigenvalue weighted by molar-refractivity contribution is -0.121. The van der Waals surface area contributed by atoms with Crippen molar-refractivity contribution < 1.29 is 4.79 Å². The first-order valence-corrected chi connectivity index (χ1v) is 8.18. The topological polar surface area (TPSA) is 51.1 Å². The lowest BCUT2D eigenvalue weighted by Crippen LogP contribution is -2.30. The number of hydrogen-bond acceptors (Lipinski definition) is 2. The molecule has 25 heavy (non-hydrogen) atoms. The van der Waals surface area contributed by atoms with Gasteiger partial charge in [-0.05, 0) is 16.7 Å². The minimum absolute atomic E-state index is 0.0637. The van der Waals surface area contributed by atoms with Gasteiger partial charge in [0.25, 0.3) is 0 Å². The van der Waals surface area contributed by atoms with Crippen LogP contribution >= 0.6 is 0 Å². The molecule has 0 aliphatic heterocycles. The Kier molecular flexibility index (Phi) is 5.09. The minimum atomic E-state index is -0.366. The molecule has 0 aliphatic carbocycles. The highest BCUT2D eigenvalue weighted by molar-refractivity contribution is 5.87. The van der Waals surface area contributed by atoms with Gasteiger partial charge in [0.2, 0.25) is 11.5 Å². The molecule has 0 bridgehead atoms. The summed E-state index contributed by atoms with van der Waals surface area (Å²) in [6.07, 6.45) is 1.74. The number of pyridine rings is 1. The first kappa shape index (κ1) is 16.7. The summed E-state index contributed by atoms with van der Waals surface area (Å²) in [5, 5.41) is 2.99. The van der Waals surface area contributed by atoms with Crippen molar-refractivity contribution in [2.45, 2.75) is 12.5 Å². The fourth-order valence-electron chi connectivity index (χ4n) is 2.83. The van der Waals surface area contributed by atoms with Crippen LogP contribution in [-0.4, -0.2) is 10.5 Å². The van der Waals surface area contributed by atoms with Gasteiger partial charge in [0.05, 0.1) is 5.92 Å². The zero-order chi connectivity index (χ0) is 17.6. The van der Waals surface area contributed by atoms with E-state index in [4.69, 9.17) is 0 Å². The second-order valence-electron chi connectivity index (χ2n) is 5.96. The summed E-state index contributed by atoms with van der Waals surface area (Å²) in [5.41, 5.74) is 2.72. The molecule has 3 rings (SSSR count). The van der Waals surface area contributed by atoms with Crippen molar-refractivity contribution in [2.24, 2.45) is 7.05 Å². The maximum Gasteiger partial charge on any atom is 0.250 e. The number of nitrogens with zero attached hydrogens (tertiary/aromatic N) is 1. The lowest BCUT2D eigenvalue weighted by atomic mass is 9.90. The molecule has 2 aromatic carbocycles. The van der Waals surface area contributed by atoms with Crippen LogP contribution in [0.25, 0.3) is 0 Å². The molecule has 0 fully saturated rings. The summed E-state index contributed by atoms with van der Waals surface area (Å²) in [6, 6.07) is 22.7. The zero-order valence-electron chi connectivity index (χ0n) is 14.1. The van der Waals surface area contributed by atoms with Gasteiger partial charge in [-0.2, -0.15) is 0 Å². The Morgan fingerprint density at radius 2 is 1.48 bits per heavy atom. The third-order valence-corrected chi connectivity index (χ3v) is 4.14. The Labute approximate surface area is 146 Å². The largest absolute Gasteiger partial charge is 0.351 e. The molecule has 1 aromatic heterocycles. The zero-order valence-corrected chi connectivity index (χ0v) is 14.1. The van der Waals surface area contributed by atoms with E-state index in [1.807, 2.05) is 60.7 Å². The molecule has 0 saturated carbocycles. The Morgan fingerprint density at radius 1 is 0.920 bits per heavy atom. The van der Waals surface area contributed by atoms with E-state index < -0.39 is 0 Å². The molecule has 0 radical (unpaired) electrons. The number of aryl methyl sites for hydroxylation is 1. The van der Waals surface area contributed by atoms with Crippen LogP contribution in [0, 0.1) is 0 Å². The summed E-state index contributed by atoms with van der Waals surface area (Å²) in [4.78, 5) is 24.4. The molecule has 0 unspecified atom stereocenters. The third-order valence-electron chi connectivity index (χ3n) is 4.14. The maximum absolute atomic E-state index is 12.9. The van der Waals surface area contributed by atoms with Crippen LogP contribution < -0.4 is 10.9 Å². The van der Waals surface area contributed by atoms with E-state index in [-0.39, 0.29) is 17.4 Å². The molecule has 0 aliphatic rings. The number of benzene rings is 2. The summed E-state index contributed by atoms with van der Waals surface area (Å²) >= 11 is 0. The summed E-state index contributed by atoms with van der Waals surface area (Å²) in [7, 11) is 1.70. The normalized spacial score (nSPS) is 10.6.